The predicted molar refractivity (Wildman–Crippen MR) is 78.2 cm³/mol. The number of carbonyl (C=O) groups is 1. The van der Waals surface area contributed by atoms with Crippen LogP contribution in [0.4, 0.5) is 8.78 Å². The summed E-state index contributed by atoms with van der Waals surface area (Å²) in [5.74, 6) is -2.28. The number of likely N-dealkylation sites (tertiary alicyclic amines) is 1. The van der Waals surface area contributed by atoms with Gasteiger partial charge in [-0.3, -0.25) is 4.79 Å². The molecule has 0 bridgehead atoms. The second kappa shape index (κ2) is 8.08. The molecular weight excluding hydrogens is 274 g/mol. The molecule has 0 aliphatic carbocycles. The summed E-state index contributed by atoms with van der Waals surface area (Å²) in [6.07, 6.45) is 5.84. The lowest BCUT2D eigenvalue weighted by Crippen LogP contribution is -2.31. The lowest BCUT2D eigenvalue weighted by Gasteiger charge is -2.26. The quantitative estimate of drug-likeness (QED) is 0.819. The van der Waals surface area contributed by atoms with Gasteiger partial charge in [-0.15, -0.1) is 0 Å². The van der Waals surface area contributed by atoms with Gasteiger partial charge in [0.1, 0.15) is 0 Å². The molecule has 1 aromatic rings. The van der Waals surface area contributed by atoms with Gasteiger partial charge < -0.3 is 10.2 Å². The number of benzene rings is 1. The fourth-order valence-corrected chi connectivity index (χ4v) is 2.58. The van der Waals surface area contributed by atoms with Gasteiger partial charge in [-0.1, -0.05) is 6.42 Å². The fourth-order valence-electron chi connectivity index (χ4n) is 2.58. The van der Waals surface area contributed by atoms with Crippen molar-refractivity contribution in [2.75, 3.05) is 26.2 Å². The summed E-state index contributed by atoms with van der Waals surface area (Å²) < 4.78 is 25.8. The Bertz CT molecular complexity index is 473. The molecule has 0 unspecified atom stereocenters. The Morgan fingerprint density at radius 3 is 2.57 bits per heavy atom. The molecule has 0 aromatic heterocycles. The molecule has 21 heavy (non-hydrogen) atoms. The minimum absolute atomic E-state index is 0.157. The first kappa shape index (κ1) is 15.9. The van der Waals surface area contributed by atoms with Crippen LogP contribution in [-0.2, 0) is 0 Å². The molecule has 1 aromatic carbocycles. The second-order valence-corrected chi connectivity index (χ2v) is 5.49. The van der Waals surface area contributed by atoms with Crippen molar-refractivity contribution in [2.24, 2.45) is 0 Å². The lowest BCUT2D eigenvalue weighted by molar-refractivity contribution is 0.0952. The number of halogens is 2. The predicted octanol–water partition coefficient (Wildman–Crippen LogP) is 2.96. The van der Waals surface area contributed by atoms with E-state index in [-0.39, 0.29) is 11.5 Å². The molecule has 1 fully saturated rings. The standard InChI is InChI=1S/C16H22F2N2O/c17-14-7-6-13(12-15(14)18)16(21)19-8-2-5-11-20-9-3-1-4-10-20/h6-7,12H,1-5,8-11H2,(H,19,21). The summed E-state index contributed by atoms with van der Waals surface area (Å²) >= 11 is 0. The summed E-state index contributed by atoms with van der Waals surface area (Å²) in [4.78, 5) is 14.2. The van der Waals surface area contributed by atoms with E-state index >= 15 is 0 Å². The van der Waals surface area contributed by atoms with E-state index in [0.29, 0.717) is 6.54 Å². The summed E-state index contributed by atoms with van der Waals surface area (Å²) in [5, 5.41) is 2.74. The zero-order valence-electron chi connectivity index (χ0n) is 12.2. The van der Waals surface area contributed by atoms with E-state index in [1.54, 1.807) is 0 Å². The molecule has 3 nitrogen and oxygen atoms in total. The number of carbonyl (C=O) groups excluding carboxylic acids is 1. The molecule has 0 radical (unpaired) electrons. The number of piperidine rings is 1. The third kappa shape index (κ3) is 5.08. The van der Waals surface area contributed by atoms with Gasteiger partial charge in [0.2, 0.25) is 0 Å². The number of nitrogens with zero attached hydrogens (tertiary/aromatic N) is 1. The maximum Gasteiger partial charge on any atom is 0.251 e. The zero-order valence-corrected chi connectivity index (χ0v) is 12.2. The third-order valence-electron chi connectivity index (χ3n) is 3.82. The van der Waals surface area contributed by atoms with Gasteiger partial charge >= 0.3 is 0 Å². The Morgan fingerprint density at radius 2 is 1.86 bits per heavy atom. The highest BCUT2D eigenvalue weighted by Gasteiger charge is 2.10. The molecule has 1 saturated heterocycles. The topological polar surface area (TPSA) is 32.3 Å². The maximum atomic E-state index is 13.0. The van der Waals surface area contributed by atoms with Crippen LogP contribution in [0.15, 0.2) is 18.2 Å². The molecular formula is C16H22F2N2O. The Kier molecular flexibility index (Phi) is 6.11. The Labute approximate surface area is 124 Å². The van der Waals surface area contributed by atoms with E-state index in [0.717, 1.165) is 31.5 Å². The first-order valence-corrected chi connectivity index (χ1v) is 7.62. The van der Waals surface area contributed by atoms with Gasteiger partial charge in [0.15, 0.2) is 11.6 Å². The summed E-state index contributed by atoms with van der Waals surface area (Å²) in [6, 6.07) is 3.19. The average molecular weight is 296 g/mol. The van der Waals surface area contributed by atoms with Crippen LogP contribution in [0.5, 0.6) is 0 Å². The van der Waals surface area contributed by atoms with Crippen LogP contribution in [0.3, 0.4) is 0 Å². The van der Waals surface area contributed by atoms with E-state index in [1.165, 1.54) is 38.4 Å². The number of unbranched alkanes of at least 4 members (excludes halogenated alkanes) is 1. The molecule has 0 spiro atoms. The molecule has 116 valence electrons. The monoisotopic (exact) mass is 296 g/mol. The molecule has 5 heteroatoms. The SMILES string of the molecule is O=C(NCCCCN1CCCCC1)c1ccc(F)c(F)c1. The van der Waals surface area contributed by atoms with Gasteiger partial charge in [-0.25, -0.2) is 8.78 Å². The van der Waals surface area contributed by atoms with E-state index in [1.807, 2.05) is 0 Å². The number of hydrogen-bond acceptors (Lipinski definition) is 2. The van der Waals surface area contributed by atoms with Gasteiger partial charge in [0.05, 0.1) is 0 Å². The normalized spacial score (nSPS) is 15.9. The van der Waals surface area contributed by atoms with Crippen LogP contribution in [0.25, 0.3) is 0 Å². The lowest BCUT2D eigenvalue weighted by atomic mass is 10.1. The van der Waals surface area contributed by atoms with Crippen LogP contribution >= 0.6 is 0 Å². The van der Waals surface area contributed by atoms with E-state index in [9.17, 15) is 13.6 Å². The minimum atomic E-state index is -0.993. The maximum absolute atomic E-state index is 13.0. The van der Waals surface area contributed by atoms with Crippen molar-refractivity contribution < 1.29 is 13.6 Å². The first-order chi connectivity index (χ1) is 10.2. The van der Waals surface area contributed by atoms with Crippen molar-refractivity contribution in [3.05, 3.63) is 35.4 Å². The van der Waals surface area contributed by atoms with Crippen LogP contribution in [-0.4, -0.2) is 37.0 Å². The molecule has 0 atom stereocenters. The number of hydrogen-bond donors (Lipinski definition) is 1. The first-order valence-electron chi connectivity index (χ1n) is 7.62. The molecule has 1 N–H and O–H groups in total. The minimum Gasteiger partial charge on any atom is -0.352 e. The van der Waals surface area contributed by atoms with E-state index in [2.05, 4.69) is 10.2 Å². The fraction of sp³-hybridized carbons (Fsp3) is 0.562. The largest absolute Gasteiger partial charge is 0.352 e. The van der Waals surface area contributed by atoms with E-state index < -0.39 is 11.6 Å². The highest BCUT2D eigenvalue weighted by atomic mass is 19.2. The number of rotatable bonds is 6. The van der Waals surface area contributed by atoms with Gasteiger partial charge in [-0.05, 0) is 63.5 Å². The molecule has 1 heterocycles. The molecule has 0 saturated carbocycles. The third-order valence-corrected chi connectivity index (χ3v) is 3.82. The summed E-state index contributed by atoms with van der Waals surface area (Å²) in [6.45, 7) is 4.00. The van der Waals surface area contributed by atoms with Crippen LogP contribution < -0.4 is 5.32 Å². The van der Waals surface area contributed by atoms with Crippen LogP contribution in [0.1, 0.15) is 42.5 Å². The van der Waals surface area contributed by atoms with Crippen molar-refractivity contribution in [2.45, 2.75) is 32.1 Å². The summed E-state index contributed by atoms with van der Waals surface area (Å²) in [5.41, 5.74) is 0.157. The Hall–Kier alpha value is -1.49. The summed E-state index contributed by atoms with van der Waals surface area (Å²) in [7, 11) is 0. The van der Waals surface area contributed by atoms with Crippen molar-refractivity contribution in [1.29, 1.82) is 0 Å². The smallest absolute Gasteiger partial charge is 0.251 e. The van der Waals surface area contributed by atoms with Gasteiger partial charge in [0.25, 0.3) is 5.91 Å². The van der Waals surface area contributed by atoms with Crippen LogP contribution in [0.2, 0.25) is 0 Å². The van der Waals surface area contributed by atoms with Crippen molar-refractivity contribution in [3.63, 3.8) is 0 Å². The Morgan fingerprint density at radius 1 is 1.10 bits per heavy atom. The zero-order chi connectivity index (χ0) is 15.1. The molecule has 1 amide bonds. The van der Waals surface area contributed by atoms with Gasteiger partial charge in [-0.2, -0.15) is 0 Å². The highest BCUT2D eigenvalue weighted by molar-refractivity contribution is 5.94. The highest BCUT2D eigenvalue weighted by Crippen LogP contribution is 2.10. The molecule has 2 rings (SSSR count). The number of amides is 1. The van der Waals surface area contributed by atoms with Crippen LogP contribution in [0, 0.1) is 11.6 Å². The van der Waals surface area contributed by atoms with Crippen molar-refractivity contribution in [3.8, 4) is 0 Å². The average Bonchev–Trinajstić information content (AvgIpc) is 2.50. The van der Waals surface area contributed by atoms with E-state index in [4.69, 9.17) is 0 Å². The second-order valence-electron chi connectivity index (χ2n) is 5.49. The number of nitrogens with one attached hydrogen (secondary N) is 1. The Balaban J connectivity index is 1.63. The molecule has 1 aliphatic heterocycles. The molecule has 1 aliphatic rings. The van der Waals surface area contributed by atoms with Crippen molar-refractivity contribution in [1.82, 2.24) is 10.2 Å². The van der Waals surface area contributed by atoms with Crippen molar-refractivity contribution >= 4 is 5.91 Å². The van der Waals surface area contributed by atoms with Gasteiger partial charge in [0, 0.05) is 12.1 Å².